The minimum Gasteiger partial charge on any atom is -0.508 e. The summed E-state index contributed by atoms with van der Waals surface area (Å²) in [6, 6.07) is 6.34. The van der Waals surface area contributed by atoms with Crippen molar-refractivity contribution in [2.24, 2.45) is 5.73 Å². The molecule has 1 saturated carbocycles. The maximum absolute atomic E-state index is 12.0. The van der Waals surface area contributed by atoms with Crippen molar-refractivity contribution in [3.8, 4) is 5.75 Å². The molecule has 1 aromatic rings. The summed E-state index contributed by atoms with van der Waals surface area (Å²) < 4.78 is 5.28. The predicted octanol–water partition coefficient (Wildman–Crippen LogP) is 0.946. The van der Waals surface area contributed by atoms with Crippen molar-refractivity contribution < 1.29 is 14.6 Å². The van der Waals surface area contributed by atoms with E-state index < -0.39 is 6.04 Å². The summed E-state index contributed by atoms with van der Waals surface area (Å²) in [6.07, 6.45) is 3.49. The van der Waals surface area contributed by atoms with E-state index in [9.17, 15) is 9.90 Å². The summed E-state index contributed by atoms with van der Waals surface area (Å²) in [6.45, 7) is 0. The summed E-state index contributed by atoms with van der Waals surface area (Å²) in [4.78, 5) is 12.0. The maximum Gasteiger partial charge on any atom is 0.237 e. The zero-order chi connectivity index (χ0) is 14.5. The number of hydrogen-bond acceptors (Lipinski definition) is 4. The number of carbonyl (C=O) groups is 1. The van der Waals surface area contributed by atoms with Gasteiger partial charge in [0, 0.05) is 13.2 Å². The van der Waals surface area contributed by atoms with Gasteiger partial charge in [0.15, 0.2) is 0 Å². The van der Waals surface area contributed by atoms with Crippen LogP contribution in [0.2, 0.25) is 0 Å². The quantitative estimate of drug-likeness (QED) is 0.748. The molecule has 20 heavy (non-hydrogen) atoms. The second kappa shape index (κ2) is 6.72. The lowest BCUT2D eigenvalue weighted by Crippen LogP contribution is -2.45. The van der Waals surface area contributed by atoms with E-state index in [1.807, 2.05) is 0 Å². The van der Waals surface area contributed by atoms with Crippen LogP contribution < -0.4 is 11.1 Å². The lowest BCUT2D eigenvalue weighted by molar-refractivity contribution is -0.123. The van der Waals surface area contributed by atoms with Crippen LogP contribution in [-0.4, -0.2) is 36.3 Å². The molecule has 110 valence electrons. The number of aromatic hydroxyl groups is 1. The second-order valence-electron chi connectivity index (χ2n) is 5.35. The zero-order valence-corrected chi connectivity index (χ0v) is 11.7. The fourth-order valence-corrected chi connectivity index (χ4v) is 2.57. The second-order valence-corrected chi connectivity index (χ2v) is 5.35. The number of ether oxygens (including phenoxy) is 1. The van der Waals surface area contributed by atoms with E-state index in [2.05, 4.69) is 5.32 Å². The van der Waals surface area contributed by atoms with Crippen LogP contribution in [0.3, 0.4) is 0 Å². The first-order valence-corrected chi connectivity index (χ1v) is 6.95. The van der Waals surface area contributed by atoms with Crippen molar-refractivity contribution >= 4 is 5.91 Å². The van der Waals surface area contributed by atoms with Gasteiger partial charge in [0.1, 0.15) is 5.75 Å². The highest BCUT2D eigenvalue weighted by Gasteiger charge is 2.27. The first-order chi connectivity index (χ1) is 9.58. The lowest BCUT2D eigenvalue weighted by atomic mass is 10.1. The van der Waals surface area contributed by atoms with Crippen LogP contribution in [0.5, 0.6) is 5.75 Å². The Morgan fingerprint density at radius 2 is 2.15 bits per heavy atom. The Hall–Kier alpha value is -1.59. The van der Waals surface area contributed by atoms with Crippen molar-refractivity contribution in [2.45, 2.75) is 43.9 Å². The number of phenolic OH excluding ortho intramolecular Hbond substituents is 1. The standard InChI is InChI=1S/C15H22N2O3/c1-20-13-7-4-11(9-13)17-15(19)14(16)8-10-2-5-12(18)6-3-10/h2-3,5-6,11,13-14,18H,4,7-9,16H2,1H3,(H,17,19)/t11?,13?,14-/m1/s1. The molecule has 1 aliphatic rings. The highest BCUT2D eigenvalue weighted by atomic mass is 16.5. The molecule has 0 spiro atoms. The van der Waals surface area contributed by atoms with Gasteiger partial charge in [-0.25, -0.2) is 0 Å². The molecule has 5 heteroatoms. The van der Waals surface area contributed by atoms with E-state index in [4.69, 9.17) is 10.5 Å². The van der Waals surface area contributed by atoms with Gasteiger partial charge in [-0.3, -0.25) is 4.79 Å². The summed E-state index contributed by atoms with van der Waals surface area (Å²) in [7, 11) is 1.70. The van der Waals surface area contributed by atoms with E-state index in [0.717, 1.165) is 24.8 Å². The van der Waals surface area contributed by atoms with Crippen LogP contribution in [0.25, 0.3) is 0 Å². The first kappa shape index (κ1) is 14.8. The molecule has 0 bridgehead atoms. The molecule has 0 aromatic heterocycles. The van der Waals surface area contributed by atoms with Crippen LogP contribution in [0.15, 0.2) is 24.3 Å². The van der Waals surface area contributed by atoms with Crippen LogP contribution in [0.1, 0.15) is 24.8 Å². The number of rotatable bonds is 5. The molecule has 1 aromatic carbocycles. The van der Waals surface area contributed by atoms with Crippen LogP contribution >= 0.6 is 0 Å². The van der Waals surface area contributed by atoms with Crippen LogP contribution in [0.4, 0.5) is 0 Å². The average Bonchev–Trinajstić information content (AvgIpc) is 2.89. The molecule has 0 aliphatic heterocycles. The monoisotopic (exact) mass is 278 g/mol. The molecule has 0 radical (unpaired) electrons. The maximum atomic E-state index is 12.0. The largest absolute Gasteiger partial charge is 0.508 e. The summed E-state index contributed by atoms with van der Waals surface area (Å²) in [5, 5.41) is 12.2. The van der Waals surface area contributed by atoms with Crippen molar-refractivity contribution in [2.75, 3.05) is 7.11 Å². The molecule has 4 N–H and O–H groups in total. The highest BCUT2D eigenvalue weighted by Crippen LogP contribution is 2.21. The number of hydrogen-bond donors (Lipinski definition) is 3. The van der Waals surface area contributed by atoms with Gasteiger partial charge in [-0.2, -0.15) is 0 Å². The molecule has 1 amide bonds. The third kappa shape index (κ3) is 3.95. The van der Waals surface area contributed by atoms with Gasteiger partial charge in [0.05, 0.1) is 12.1 Å². The van der Waals surface area contributed by atoms with Gasteiger partial charge in [-0.05, 0) is 43.4 Å². The van der Waals surface area contributed by atoms with E-state index in [0.29, 0.717) is 6.42 Å². The van der Waals surface area contributed by atoms with Crippen molar-refractivity contribution in [1.29, 1.82) is 0 Å². The fraction of sp³-hybridized carbons (Fsp3) is 0.533. The zero-order valence-electron chi connectivity index (χ0n) is 11.7. The van der Waals surface area contributed by atoms with Gasteiger partial charge in [0.2, 0.25) is 5.91 Å². The number of amides is 1. The fourth-order valence-electron chi connectivity index (χ4n) is 2.57. The molecule has 1 fully saturated rings. The number of methoxy groups -OCH3 is 1. The van der Waals surface area contributed by atoms with E-state index in [1.54, 1.807) is 31.4 Å². The molecule has 2 rings (SSSR count). The minimum absolute atomic E-state index is 0.125. The molecule has 0 saturated heterocycles. The van der Waals surface area contributed by atoms with Gasteiger partial charge >= 0.3 is 0 Å². The van der Waals surface area contributed by atoms with Crippen LogP contribution in [-0.2, 0) is 16.0 Å². The van der Waals surface area contributed by atoms with Crippen molar-refractivity contribution in [1.82, 2.24) is 5.32 Å². The molecule has 0 heterocycles. The third-order valence-corrected chi connectivity index (χ3v) is 3.79. The Kier molecular flexibility index (Phi) is 4.98. The average molecular weight is 278 g/mol. The smallest absolute Gasteiger partial charge is 0.237 e. The number of carbonyl (C=O) groups excluding carboxylic acids is 1. The minimum atomic E-state index is -0.568. The Bertz CT molecular complexity index is 447. The third-order valence-electron chi connectivity index (χ3n) is 3.79. The summed E-state index contributed by atoms with van der Waals surface area (Å²) in [5.41, 5.74) is 6.86. The van der Waals surface area contributed by atoms with Gasteiger partial charge in [0.25, 0.3) is 0 Å². The SMILES string of the molecule is COC1CCC(NC(=O)[C@H](N)Cc2ccc(O)cc2)C1. The summed E-state index contributed by atoms with van der Waals surface area (Å²) >= 11 is 0. The van der Waals surface area contributed by atoms with Crippen LogP contribution in [0, 0.1) is 0 Å². The number of phenols is 1. The molecule has 2 unspecified atom stereocenters. The summed E-state index contributed by atoms with van der Waals surface area (Å²) in [5.74, 6) is 0.0863. The Labute approximate surface area is 119 Å². The number of nitrogens with one attached hydrogen (secondary N) is 1. The van der Waals surface area contributed by atoms with E-state index in [-0.39, 0.29) is 23.8 Å². The molecular weight excluding hydrogens is 256 g/mol. The van der Waals surface area contributed by atoms with Crippen molar-refractivity contribution in [3.63, 3.8) is 0 Å². The Balaban J connectivity index is 1.81. The molecule has 3 atom stereocenters. The molecule has 1 aliphatic carbocycles. The van der Waals surface area contributed by atoms with E-state index >= 15 is 0 Å². The number of nitrogens with two attached hydrogens (primary N) is 1. The first-order valence-electron chi connectivity index (χ1n) is 6.95. The molecular formula is C15H22N2O3. The predicted molar refractivity (Wildman–Crippen MR) is 76.4 cm³/mol. The lowest BCUT2D eigenvalue weighted by Gasteiger charge is -2.17. The van der Waals surface area contributed by atoms with Gasteiger partial charge < -0.3 is 20.9 Å². The van der Waals surface area contributed by atoms with Crippen molar-refractivity contribution in [3.05, 3.63) is 29.8 Å². The normalized spacial score (nSPS) is 23.5. The molecule has 5 nitrogen and oxygen atoms in total. The Morgan fingerprint density at radius 3 is 2.75 bits per heavy atom. The van der Waals surface area contributed by atoms with Gasteiger partial charge in [-0.15, -0.1) is 0 Å². The number of benzene rings is 1. The Morgan fingerprint density at radius 1 is 1.45 bits per heavy atom. The highest BCUT2D eigenvalue weighted by molar-refractivity contribution is 5.82. The van der Waals surface area contributed by atoms with Gasteiger partial charge in [-0.1, -0.05) is 12.1 Å². The topological polar surface area (TPSA) is 84.6 Å². The van der Waals surface area contributed by atoms with E-state index in [1.165, 1.54) is 0 Å².